The van der Waals surface area contributed by atoms with Crippen molar-refractivity contribution in [2.75, 3.05) is 11.9 Å². The van der Waals surface area contributed by atoms with Gasteiger partial charge in [0.1, 0.15) is 5.75 Å². The van der Waals surface area contributed by atoms with Crippen LogP contribution in [0.3, 0.4) is 0 Å². The Kier molecular flexibility index (Phi) is 6.33. The van der Waals surface area contributed by atoms with E-state index in [0.29, 0.717) is 15.9 Å². The van der Waals surface area contributed by atoms with E-state index in [-0.39, 0.29) is 12.5 Å². The van der Waals surface area contributed by atoms with Gasteiger partial charge in [-0.1, -0.05) is 41.9 Å². The first-order chi connectivity index (χ1) is 12.2. The standard InChI is InChI=1S/C18H15ClN2O2S2/c19-15-8-4-5-9-16(15)23-10-17(22)21-18-20-13(12-25-18)11-24-14-6-2-1-3-7-14/h1-9,12H,10-11H2,(H,20,21,22). The lowest BCUT2D eigenvalue weighted by molar-refractivity contribution is -0.118. The number of nitrogens with one attached hydrogen (secondary N) is 1. The Morgan fingerprint density at radius 1 is 1.16 bits per heavy atom. The van der Waals surface area contributed by atoms with Crippen LogP contribution in [0.4, 0.5) is 5.13 Å². The summed E-state index contributed by atoms with van der Waals surface area (Å²) < 4.78 is 5.41. The van der Waals surface area contributed by atoms with Gasteiger partial charge in [0.2, 0.25) is 0 Å². The highest BCUT2D eigenvalue weighted by Crippen LogP contribution is 2.25. The van der Waals surface area contributed by atoms with Crippen molar-refractivity contribution in [1.82, 2.24) is 4.98 Å². The molecule has 0 bridgehead atoms. The summed E-state index contributed by atoms with van der Waals surface area (Å²) in [7, 11) is 0. The molecule has 0 atom stereocenters. The van der Waals surface area contributed by atoms with E-state index in [2.05, 4.69) is 22.4 Å². The Labute approximate surface area is 159 Å². The van der Waals surface area contributed by atoms with Gasteiger partial charge >= 0.3 is 0 Å². The average molecular weight is 391 g/mol. The first-order valence-corrected chi connectivity index (χ1v) is 9.74. The number of hydrogen-bond acceptors (Lipinski definition) is 5. The molecular formula is C18H15ClN2O2S2. The summed E-state index contributed by atoms with van der Waals surface area (Å²) in [5, 5.41) is 5.73. The third-order valence-electron chi connectivity index (χ3n) is 3.12. The minimum atomic E-state index is -0.267. The van der Waals surface area contributed by atoms with E-state index in [4.69, 9.17) is 16.3 Å². The minimum absolute atomic E-state index is 0.114. The van der Waals surface area contributed by atoms with E-state index in [1.54, 1.807) is 36.0 Å². The molecule has 0 unspecified atom stereocenters. The molecular weight excluding hydrogens is 376 g/mol. The van der Waals surface area contributed by atoms with Crippen molar-refractivity contribution in [1.29, 1.82) is 0 Å². The van der Waals surface area contributed by atoms with Gasteiger partial charge in [-0.25, -0.2) is 4.98 Å². The first kappa shape index (κ1) is 17.8. The lowest BCUT2D eigenvalue weighted by Gasteiger charge is -2.07. The summed E-state index contributed by atoms with van der Waals surface area (Å²) in [6.07, 6.45) is 0. The molecule has 1 heterocycles. The van der Waals surface area contributed by atoms with Crippen molar-refractivity contribution in [3.05, 3.63) is 70.7 Å². The molecule has 0 aliphatic carbocycles. The molecule has 0 spiro atoms. The van der Waals surface area contributed by atoms with Gasteiger partial charge < -0.3 is 4.74 Å². The number of hydrogen-bond donors (Lipinski definition) is 1. The fourth-order valence-corrected chi connectivity index (χ4v) is 3.80. The number of thiazole rings is 1. The molecule has 0 saturated heterocycles. The summed E-state index contributed by atoms with van der Waals surface area (Å²) in [5.74, 6) is 0.974. The molecule has 1 aromatic heterocycles. The van der Waals surface area contributed by atoms with Gasteiger partial charge in [-0.05, 0) is 24.3 Å². The Bertz CT molecular complexity index is 840. The van der Waals surface area contributed by atoms with Gasteiger partial charge in [-0.2, -0.15) is 0 Å². The maximum absolute atomic E-state index is 12.0. The predicted octanol–water partition coefficient (Wildman–Crippen LogP) is 5.11. The molecule has 0 saturated carbocycles. The Morgan fingerprint density at radius 2 is 1.92 bits per heavy atom. The van der Waals surface area contributed by atoms with Gasteiger partial charge in [0.25, 0.3) is 5.91 Å². The number of aromatic nitrogens is 1. The Morgan fingerprint density at radius 3 is 2.72 bits per heavy atom. The minimum Gasteiger partial charge on any atom is -0.482 e. The smallest absolute Gasteiger partial charge is 0.264 e. The van der Waals surface area contributed by atoms with Gasteiger partial charge in [0.15, 0.2) is 11.7 Å². The molecule has 0 aliphatic heterocycles. The van der Waals surface area contributed by atoms with Crippen LogP contribution in [-0.4, -0.2) is 17.5 Å². The van der Waals surface area contributed by atoms with Crippen LogP contribution in [0.25, 0.3) is 0 Å². The number of para-hydroxylation sites is 1. The van der Waals surface area contributed by atoms with Crippen molar-refractivity contribution >= 4 is 45.7 Å². The van der Waals surface area contributed by atoms with Crippen LogP contribution in [-0.2, 0) is 10.5 Å². The van der Waals surface area contributed by atoms with Crippen LogP contribution >= 0.6 is 34.7 Å². The lowest BCUT2D eigenvalue weighted by Crippen LogP contribution is -2.20. The molecule has 2 aromatic carbocycles. The van der Waals surface area contributed by atoms with Crippen LogP contribution < -0.4 is 10.1 Å². The van der Waals surface area contributed by atoms with Crippen molar-refractivity contribution in [2.45, 2.75) is 10.6 Å². The van der Waals surface area contributed by atoms with Crippen LogP contribution in [0.1, 0.15) is 5.69 Å². The second kappa shape index (κ2) is 8.89. The van der Waals surface area contributed by atoms with Gasteiger partial charge in [-0.3, -0.25) is 10.1 Å². The molecule has 3 rings (SSSR count). The Balaban J connectivity index is 1.47. The zero-order valence-electron chi connectivity index (χ0n) is 13.1. The van der Waals surface area contributed by atoms with Crippen LogP contribution in [0.5, 0.6) is 5.75 Å². The molecule has 25 heavy (non-hydrogen) atoms. The van der Waals surface area contributed by atoms with Gasteiger partial charge in [0, 0.05) is 16.0 Å². The largest absolute Gasteiger partial charge is 0.482 e. The van der Waals surface area contributed by atoms with E-state index in [1.165, 1.54) is 16.2 Å². The van der Waals surface area contributed by atoms with Crippen molar-refractivity contribution in [3.8, 4) is 5.75 Å². The number of nitrogens with zero attached hydrogens (tertiary/aromatic N) is 1. The topological polar surface area (TPSA) is 51.2 Å². The molecule has 1 N–H and O–H groups in total. The van der Waals surface area contributed by atoms with Gasteiger partial charge in [-0.15, -0.1) is 23.1 Å². The number of ether oxygens (including phenoxy) is 1. The monoisotopic (exact) mass is 390 g/mol. The SMILES string of the molecule is O=C(COc1ccccc1Cl)Nc1nc(CSc2ccccc2)cs1. The number of rotatable bonds is 7. The highest BCUT2D eigenvalue weighted by Gasteiger charge is 2.09. The number of amides is 1. The number of carbonyl (C=O) groups excluding carboxylic acids is 1. The van der Waals surface area contributed by atoms with Crippen molar-refractivity contribution < 1.29 is 9.53 Å². The molecule has 1 amide bonds. The predicted molar refractivity (Wildman–Crippen MR) is 104 cm³/mol. The van der Waals surface area contributed by atoms with Crippen molar-refractivity contribution in [2.24, 2.45) is 0 Å². The van der Waals surface area contributed by atoms with Crippen LogP contribution in [0.15, 0.2) is 64.9 Å². The van der Waals surface area contributed by atoms with Gasteiger partial charge in [0.05, 0.1) is 10.7 Å². The first-order valence-electron chi connectivity index (χ1n) is 7.50. The highest BCUT2D eigenvalue weighted by atomic mass is 35.5. The molecule has 3 aromatic rings. The quantitative estimate of drug-likeness (QED) is 0.570. The van der Waals surface area contributed by atoms with E-state index < -0.39 is 0 Å². The average Bonchev–Trinajstić information content (AvgIpc) is 3.07. The van der Waals surface area contributed by atoms with Crippen molar-refractivity contribution in [3.63, 3.8) is 0 Å². The number of anilines is 1. The zero-order valence-corrected chi connectivity index (χ0v) is 15.5. The summed E-state index contributed by atoms with van der Waals surface area (Å²) in [5.41, 5.74) is 0.932. The van der Waals surface area contributed by atoms with E-state index in [0.717, 1.165) is 11.4 Å². The highest BCUT2D eigenvalue weighted by molar-refractivity contribution is 7.98. The third kappa shape index (κ3) is 5.49. The normalized spacial score (nSPS) is 10.4. The summed E-state index contributed by atoms with van der Waals surface area (Å²) in [6, 6.07) is 17.2. The fourth-order valence-electron chi connectivity index (χ4n) is 1.97. The zero-order chi connectivity index (χ0) is 17.5. The fraction of sp³-hybridized carbons (Fsp3) is 0.111. The molecule has 4 nitrogen and oxygen atoms in total. The number of halogens is 1. The number of benzene rings is 2. The molecule has 0 aliphatic rings. The number of thioether (sulfide) groups is 1. The summed E-state index contributed by atoms with van der Waals surface area (Å²) in [4.78, 5) is 17.6. The second-order valence-corrected chi connectivity index (χ2v) is 7.33. The third-order valence-corrected chi connectivity index (χ3v) is 5.29. The maximum atomic E-state index is 12.0. The molecule has 128 valence electrons. The van der Waals surface area contributed by atoms with E-state index >= 15 is 0 Å². The molecule has 0 fully saturated rings. The molecule has 0 radical (unpaired) electrons. The number of carbonyl (C=O) groups is 1. The van der Waals surface area contributed by atoms with E-state index in [1.807, 2.05) is 23.6 Å². The van der Waals surface area contributed by atoms with Crippen LogP contribution in [0.2, 0.25) is 5.02 Å². The lowest BCUT2D eigenvalue weighted by atomic mass is 10.3. The van der Waals surface area contributed by atoms with E-state index in [9.17, 15) is 4.79 Å². The maximum Gasteiger partial charge on any atom is 0.264 e. The second-order valence-electron chi connectivity index (χ2n) is 5.01. The Hall–Kier alpha value is -2.02. The summed E-state index contributed by atoms with van der Waals surface area (Å²) in [6.45, 7) is -0.114. The van der Waals surface area contributed by atoms with Crippen LogP contribution in [0, 0.1) is 0 Å². The summed E-state index contributed by atoms with van der Waals surface area (Å²) >= 11 is 9.09. The molecule has 7 heteroatoms.